The molecule has 0 aliphatic carbocycles. The molecular weight excluding hydrogens is 404 g/mol. The number of hydrogen-bond donors (Lipinski definition) is 0. The van der Waals surface area contributed by atoms with Crippen molar-refractivity contribution in [3.05, 3.63) is 65.1 Å². The maximum Gasteiger partial charge on any atom is 0.357 e. The quantitative estimate of drug-likeness (QED) is 0.460. The molecule has 3 heterocycles. The molecule has 3 aromatic rings. The molecule has 1 saturated heterocycles. The van der Waals surface area contributed by atoms with E-state index in [4.69, 9.17) is 4.74 Å². The van der Waals surface area contributed by atoms with E-state index in [1.807, 2.05) is 29.7 Å². The second kappa shape index (κ2) is 7.68. The summed E-state index contributed by atoms with van der Waals surface area (Å²) in [5, 5.41) is 0.909. The van der Waals surface area contributed by atoms with Crippen molar-refractivity contribution in [2.24, 2.45) is 0 Å². The van der Waals surface area contributed by atoms with Crippen molar-refractivity contribution in [3.63, 3.8) is 0 Å². The molecule has 0 amide bonds. The molecule has 4 rings (SSSR count). The fourth-order valence-electron chi connectivity index (χ4n) is 4.06. The third-order valence-corrected chi connectivity index (χ3v) is 7.25. The molecule has 1 atom stereocenters. The van der Waals surface area contributed by atoms with Crippen LogP contribution < -0.4 is 0 Å². The molecule has 0 radical (unpaired) electrons. The molecular formula is C22H22N2O5S. The van der Waals surface area contributed by atoms with Crippen molar-refractivity contribution in [2.75, 3.05) is 18.1 Å². The van der Waals surface area contributed by atoms with Crippen LogP contribution in [0.3, 0.4) is 0 Å². The van der Waals surface area contributed by atoms with Gasteiger partial charge in [-0.3, -0.25) is 4.79 Å². The van der Waals surface area contributed by atoms with Crippen LogP contribution in [0.5, 0.6) is 0 Å². The molecule has 8 heteroatoms. The average Bonchev–Trinajstić information content (AvgIpc) is 3.23. The molecule has 156 valence electrons. The molecule has 2 aromatic heterocycles. The Labute approximate surface area is 174 Å². The Hall–Kier alpha value is -3.00. The first kappa shape index (κ1) is 20.3. The van der Waals surface area contributed by atoms with Crippen LogP contribution in [0.4, 0.5) is 0 Å². The zero-order valence-electron chi connectivity index (χ0n) is 16.8. The van der Waals surface area contributed by atoms with Crippen LogP contribution in [-0.4, -0.2) is 47.8 Å². The molecule has 30 heavy (non-hydrogen) atoms. The molecule has 1 aromatic carbocycles. The van der Waals surface area contributed by atoms with Gasteiger partial charge < -0.3 is 9.30 Å². The van der Waals surface area contributed by atoms with E-state index in [2.05, 4.69) is 4.98 Å². The molecule has 1 fully saturated rings. The summed E-state index contributed by atoms with van der Waals surface area (Å²) in [4.78, 5) is 29.3. The molecule has 0 saturated carbocycles. The van der Waals surface area contributed by atoms with E-state index in [1.54, 1.807) is 31.2 Å². The number of nitrogens with zero attached hydrogens (tertiary/aromatic N) is 2. The van der Waals surface area contributed by atoms with E-state index in [0.717, 1.165) is 11.1 Å². The predicted octanol–water partition coefficient (Wildman–Crippen LogP) is 3.05. The van der Waals surface area contributed by atoms with Crippen molar-refractivity contribution in [3.8, 4) is 0 Å². The highest BCUT2D eigenvalue weighted by atomic mass is 32.2. The van der Waals surface area contributed by atoms with Crippen LogP contribution in [0.15, 0.2) is 42.5 Å². The number of pyridine rings is 1. The molecule has 1 aliphatic rings. The summed E-state index contributed by atoms with van der Waals surface area (Å²) in [6.07, 6.45) is 0.537. The number of esters is 1. The summed E-state index contributed by atoms with van der Waals surface area (Å²) in [6.45, 7) is 3.23. The lowest BCUT2D eigenvalue weighted by Crippen LogP contribution is -2.17. The molecule has 0 bridgehead atoms. The lowest BCUT2D eigenvalue weighted by Gasteiger charge is -2.16. The summed E-state index contributed by atoms with van der Waals surface area (Å²) in [5.41, 5.74) is 2.77. The van der Waals surface area contributed by atoms with E-state index in [0.29, 0.717) is 23.2 Å². The first-order valence-corrected chi connectivity index (χ1v) is 11.5. The van der Waals surface area contributed by atoms with Crippen molar-refractivity contribution in [2.45, 2.75) is 26.3 Å². The van der Waals surface area contributed by atoms with Crippen molar-refractivity contribution in [1.29, 1.82) is 0 Å². The van der Waals surface area contributed by atoms with Crippen LogP contribution in [0, 0.1) is 13.8 Å². The number of carbonyl (C=O) groups excluding carboxylic acids is 2. The number of aryl methyl sites for hydroxylation is 1. The minimum absolute atomic E-state index is 0.0829. The summed E-state index contributed by atoms with van der Waals surface area (Å²) in [5.74, 6) is -0.748. The first-order chi connectivity index (χ1) is 14.2. The maximum atomic E-state index is 12.7. The van der Waals surface area contributed by atoms with Crippen LogP contribution in [-0.2, 0) is 14.6 Å². The molecule has 7 nitrogen and oxygen atoms in total. The van der Waals surface area contributed by atoms with E-state index >= 15 is 0 Å². The number of rotatable bonds is 5. The van der Waals surface area contributed by atoms with Crippen molar-refractivity contribution < 1.29 is 22.7 Å². The third kappa shape index (κ3) is 3.87. The number of aromatic nitrogens is 2. The smallest absolute Gasteiger partial charge is 0.357 e. The average molecular weight is 426 g/mol. The van der Waals surface area contributed by atoms with Gasteiger partial charge in [-0.25, -0.2) is 18.2 Å². The highest BCUT2D eigenvalue weighted by Gasteiger charge is 2.31. The van der Waals surface area contributed by atoms with Gasteiger partial charge in [0.15, 0.2) is 16.4 Å². The fraction of sp³-hybridized carbons (Fsp3) is 0.318. The van der Waals surface area contributed by atoms with Gasteiger partial charge in [-0.1, -0.05) is 24.3 Å². The molecule has 1 unspecified atom stereocenters. The summed E-state index contributed by atoms with van der Waals surface area (Å²) < 4.78 is 30.8. The third-order valence-electron chi connectivity index (χ3n) is 5.50. The maximum absolute atomic E-state index is 12.7. The fourth-order valence-corrected chi connectivity index (χ4v) is 5.76. The largest absolute Gasteiger partial charge is 0.453 e. The van der Waals surface area contributed by atoms with Crippen LogP contribution in [0.2, 0.25) is 0 Å². The van der Waals surface area contributed by atoms with Crippen LogP contribution in [0.1, 0.15) is 44.7 Å². The Morgan fingerprint density at radius 3 is 2.67 bits per heavy atom. The number of carbonyl (C=O) groups is 2. The number of sulfone groups is 1. The number of para-hydroxylation sites is 1. The lowest BCUT2D eigenvalue weighted by molar-refractivity contribution is 0.0469. The second-order valence-corrected chi connectivity index (χ2v) is 9.83. The Kier molecular flexibility index (Phi) is 5.19. The zero-order valence-corrected chi connectivity index (χ0v) is 17.6. The second-order valence-electron chi connectivity index (χ2n) is 7.60. The number of hydrogen-bond acceptors (Lipinski definition) is 6. The van der Waals surface area contributed by atoms with E-state index in [1.165, 1.54) is 0 Å². The number of ether oxygens (including phenoxy) is 1. The van der Waals surface area contributed by atoms with Gasteiger partial charge in [-0.2, -0.15) is 0 Å². The highest BCUT2D eigenvalue weighted by Crippen LogP contribution is 2.29. The standard InChI is InChI=1S/C22H22N2O5S/c1-14-11-18(15(2)24(14)17-9-10-30(27,28)13-17)21(25)12-29-22(26)20-8-7-16-5-3-4-6-19(16)23-20/h3-8,11,17H,9-10,12-13H2,1-2H3. The van der Waals surface area contributed by atoms with Gasteiger partial charge in [-0.05, 0) is 38.5 Å². The lowest BCUT2D eigenvalue weighted by atomic mass is 10.1. The zero-order chi connectivity index (χ0) is 21.5. The van der Waals surface area contributed by atoms with E-state index in [-0.39, 0.29) is 29.0 Å². The Morgan fingerprint density at radius 2 is 1.93 bits per heavy atom. The normalized spacial score (nSPS) is 17.9. The SMILES string of the molecule is Cc1cc(C(=O)COC(=O)c2ccc3ccccc3n2)c(C)n1C1CCS(=O)(=O)C1. The number of benzene rings is 1. The Morgan fingerprint density at radius 1 is 1.17 bits per heavy atom. The Balaban J connectivity index is 1.47. The Bertz CT molecular complexity index is 1260. The highest BCUT2D eigenvalue weighted by molar-refractivity contribution is 7.91. The summed E-state index contributed by atoms with van der Waals surface area (Å²) in [6, 6.07) is 12.3. The number of Topliss-reactive ketones (excluding diaryl/α,β-unsaturated/α-hetero) is 1. The van der Waals surface area contributed by atoms with Crippen LogP contribution >= 0.6 is 0 Å². The topological polar surface area (TPSA) is 95.3 Å². The van der Waals surface area contributed by atoms with Crippen molar-refractivity contribution >= 4 is 32.5 Å². The minimum Gasteiger partial charge on any atom is -0.453 e. The monoisotopic (exact) mass is 426 g/mol. The molecule has 0 N–H and O–H groups in total. The van der Waals surface area contributed by atoms with Gasteiger partial charge >= 0.3 is 5.97 Å². The first-order valence-electron chi connectivity index (χ1n) is 9.70. The van der Waals surface area contributed by atoms with Gasteiger partial charge in [0.2, 0.25) is 5.78 Å². The van der Waals surface area contributed by atoms with Crippen molar-refractivity contribution in [1.82, 2.24) is 9.55 Å². The van der Waals surface area contributed by atoms with Gasteiger partial charge in [0.1, 0.15) is 5.69 Å². The van der Waals surface area contributed by atoms with Gasteiger partial charge in [0, 0.05) is 28.4 Å². The van der Waals surface area contributed by atoms with E-state index < -0.39 is 22.4 Å². The molecule has 1 aliphatic heterocycles. The van der Waals surface area contributed by atoms with E-state index in [9.17, 15) is 18.0 Å². The summed E-state index contributed by atoms with van der Waals surface area (Å²) in [7, 11) is -3.04. The molecule has 0 spiro atoms. The number of ketones is 1. The van der Waals surface area contributed by atoms with Gasteiger partial charge in [-0.15, -0.1) is 0 Å². The van der Waals surface area contributed by atoms with Gasteiger partial charge in [0.05, 0.1) is 17.0 Å². The predicted molar refractivity (Wildman–Crippen MR) is 113 cm³/mol. The van der Waals surface area contributed by atoms with Crippen LogP contribution in [0.25, 0.3) is 10.9 Å². The summed E-state index contributed by atoms with van der Waals surface area (Å²) >= 11 is 0. The van der Waals surface area contributed by atoms with Gasteiger partial charge in [0.25, 0.3) is 0 Å². The minimum atomic E-state index is -3.04. The number of fused-ring (bicyclic) bond motifs is 1.